The minimum Gasteiger partial charge on any atom is -0.488 e. The van der Waals surface area contributed by atoms with Crippen molar-refractivity contribution in [1.29, 1.82) is 0 Å². The molecule has 12 heteroatoms. The number of hydrogen-bond donors (Lipinski definition) is 6. The molecule has 0 aromatic heterocycles. The van der Waals surface area contributed by atoms with Crippen LogP contribution in [-0.4, -0.2) is 72.1 Å². The van der Waals surface area contributed by atoms with Crippen LogP contribution >= 0.6 is 0 Å². The molecule has 0 aliphatic rings. The fourth-order valence-electron chi connectivity index (χ4n) is 3.73. The molecule has 0 heterocycles. The molecule has 0 fully saturated rings. The van der Waals surface area contributed by atoms with Crippen molar-refractivity contribution in [2.24, 2.45) is 17.2 Å². The van der Waals surface area contributed by atoms with E-state index < -0.39 is 41.7 Å². The number of anilines is 1. The van der Waals surface area contributed by atoms with Crippen LogP contribution in [0, 0.1) is 12.7 Å². The fraction of sp³-hybridized carbons (Fsp3) is 0.444. The van der Waals surface area contributed by atoms with Gasteiger partial charge >= 0.3 is 0 Å². The van der Waals surface area contributed by atoms with Crippen LogP contribution < -0.4 is 32.6 Å². The summed E-state index contributed by atoms with van der Waals surface area (Å²) in [5.41, 5.74) is 18.6. The molecular weight excluding hydrogens is 507 g/mol. The number of nitrogens with zero attached hydrogens (tertiary/aromatic N) is 1. The summed E-state index contributed by atoms with van der Waals surface area (Å²) in [7, 11) is 0. The molecule has 11 nitrogen and oxygen atoms in total. The van der Waals surface area contributed by atoms with E-state index in [0.717, 1.165) is 11.6 Å². The Morgan fingerprint density at radius 2 is 1.64 bits per heavy atom. The third-order valence-electron chi connectivity index (χ3n) is 5.76. The minimum absolute atomic E-state index is 0.0671. The largest absolute Gasteiger partial charge is 0.488 e. The lowest BCUT2D eigenvalue weighted by Gasteiger charge is -2.26. The highest BCUT2D eigenvalue weighted by atomic mass is 19.1. The van der Waals surface area contributed by atoms with E-state index in [1.807, 2.05) is 6.92 Å². The van der Waals surface area contributed by atoms with Gasteiger partial charge in [0.15, 0.2) is 11.6 Å². The van der Waals surface area contributed by atoms with Crippen LogP contribution in [0.15, 0.2) is 42.5 Å². The van der Waals surface area contributed by atoms with Gasteiger partial charge in [-0.3, -0.25) is 14.4 Å². The number of carbonyl (C=O) groups is 3. The summed E-state index contributed by atoms with van der Waals surface area (Å²) in [6, 6.07) is 7.70. The highest BCUT2D eigenvalue weighted by molar-refractivity contribution is 5.99. The third kappa shape index (κ3) is 9.59. The van der Waals surface area contributed by atoms with E-state index in [-0.39, 0.29) is 50.1 Å². The summed E-state index contributed by atoms with van der Waals surface area (Å²) >= 11 is 0. The molecule has 0 unspecified atom stereocenters. The van der Waals surface area contributed by atoms with Gasteiger partial charge in [0.1, 0.15) is 12.1 Å². The molecule has 0 aliphatic carbocycles. The van der Waals surface area contributed by atoms with Crippen molar-refractivity contribution in [2.45, 2.75) is 51.5 Å². The Labute approximate surface area is 227 Å². The molecule has 0 saturated heterocycles. The summed E-state index contributed by atoms with van der Waals surface area (Å²) < 4.78 is 19.6. The average Bonchev–Trinajstić information content (AvgIpc) is 2.88. The Kier molecular flexibility index (Phi) is 12.3. The van der Waals surface area contributed by atoms with Gasteiger partial charge in [0.05, 0.1) is 18.6 Å². The number of benzene rings is 2. The van der Waals surface area contributed by atoms with Crippen LogP contribution in [0.5, 0.6) is 5.75 Å². The quantitative estimate of drug-likeness (QED) is 0.198. The van der Waals surface area contributed by atoms with Crippen molar-refractivity contribution in [3.8, 4) is 5.75 Å². The number of aliphatic hydroxyl groups is 1. The van der Waals surface area contributed by atoms with Crippen molar-refractivity contribution in [1.82, 2.24) is 10.2 Å². The van der Waals surface area contributed by atoms with Crippen molar-refractivity contribution >= 4 is 23.4 Å². The number of aliphatic hydroxyl groups excluding tert-OH is 1. The first-order valence-electron chi connectivity index (χ1n) is 12.7. The maximum Gasteiger partial charge on any atom is 0.250 e. The molecule has 0 radical (unpaired) electrons. The minimum atomic E-state index is -1.50. The van der Waals surface area contributed by atoms with Gasteiger partial charge in [0.25, 0.3) is 0 Å². The van der Waals surface area contributed by atoms with Gasteiger partial charge in [0, 0.05) is 37.9 Å². The zero-order valence-corrected chi connectivity index (χ0v) is 22.5. The van der Waals surface area contributed by atoms with E-state index in [9.17, 15) is 23.9 Å². The monoisotopic (exact) mass is 546 g/mol. The van der Waals surface area contributed by atoms with Gasteiger partial charge in [-0.2, -0.15) is 0 Å². The summed E-state index contributed by atoms with van der Waals surface area (Å²) in [4.78, 5) is 40.3. The van der Waals surface area contributed by atoms with E-state index >= 15 is 0 Å². The van der Waals surface area contributed by atoms with Crippen LogP contribution in [-0.2, 0) is 14.4 Å². The van der Waals surface area contributed by atoms with E-state index in [4.69, 9.17) is 21.9 Å². The lowest BCUT2D eigenvalue weighted by atomic mass is 9.99. The smallest absolute Gasteiger partial charge is 0.250 e. The number of amides is 3. The Morgan fingerprint density at radius 3 is 2.21 bits per heavy atom. The molecule has 0 aliphatic heterocycles. The van der Waals surface area contributed by atoms with Crippen LogP contribution in [0.25, 0.3) is 0 Å². The number of ether oxygens (including phenoxy) is 1. The van der Waals surface area contributed by atoms with E-state index in [1.165, 1.54) is 17.0 Å². The first-order chi connectivity index (χ1) is 18.5. The van der Waals surface area contributed by atoms with Crippen molar-refractivity contribution in [2.75, 3.05) is 31.5 Å². The summed E-state index contributed by atoms with van der Waals surface area (Å²) in [6.07, 6.45) is -2.12. The van der Waals surface area contributed by atoms with Gasteiger partial charge < -0.3 is 42.6 Å². The molecule has 2 aromatic carbocycles. The zero-order chi connectivity index (χ0) is 29.1. The summed E-state index contributed by atoms with van der Waals surface area (Å²) in [5.74, 6) is -2.71. The van der Waals surface area contributed by atoms with E-state index in [0.29, 0.717) is 5.56 Å². The van der Waals surface area contributed by atoms with E-state index in [1.54, 1.807) is 38.1 Å². The van der Waals surface area contributed by atoms with Crippen LogP contribution in [0.2, 0.25) is 0 Å². The number of nitrogens with one attached hydrogen (secondary N) is 2. The topological polar surface area (TPSA) is 186 Å². The number of nitrogens with two attached hydrogens (primary N) is 3. The molecule has 2 rings (SSSR count). The second kappa shape index (κ2) is 15.1. The fourth-order valence-corrected chi connectivity index (χ4v) is 3.73. The molecule has 0 bridgehead atoms. The van der Waals surface area contributed by atoms with Gasteiger partial charge in [-0.25, -0.2) is 4.39 Å². The van der Waals surface area contributed by atoms with Gasteiger partial charge in [-0.05, 0) is 38.5 Å². The Morgan fingerprint density at radius 1 is 1.03 bits per heavy atom. The van der Waals surface area contributed by atoms with Crippen molar-refractivity contribution in [3.05, 3.63) is 59.4 Å². The molecule has 39 heavy (non-hydrogen) atoms. The molecule has 2 aromatic rings. The highest BCUT2D eigenvalue weighted by Gasteiger charge is 2.32. The summed E-state index contributed by atoms with van der Waals surface area (Å²) in [5, 5.41) is 16.1. The zero-order valence-electron chi connectivity index (χ0n) is 22.5. The van der Waals surface area contributed by atoms with Crippen LogP contribution in [0.3, 0.4) is 0 Å². The Bertz CT molecular complexity index is 1110. The predicted octanol–water partition coefficient (Wildman–Crippen LogP) is 0.542. The van der Waals surface area contributed by atoms with Crippen molar-refractivity contribution < 1.29 is 28.6 Å². The SMILES string of the molecule is Cc1ccc([C@@H](O)[C@H](NC(=O)[C@@H](N)CC(=O)N(CCN)CCN)C(=O)Nc2ccc(F)c(OC(C)C)c2)cc1. The Balaban J connectivity index is 2.26. The maximum atomic E-state index is 14.1. The number of aryl methyl sites for hydroxylation is 1. The Hall–Kier alpha value is -3.58. The number of hydrogen-bond acceptors (Lipinski definition) is 8. The van der Waals surface area contributed by atoms with E-state index in [2.05, 4.69) is 10.6 Å². The number of halogens is 1. The second-order valence-corrected chi connectivity index (χ2v) is 9.41. The first-order valence-corrected chi connectivity index (χ1v) is 12.7. The van der Waals surface area contributed by atoms with Crippen LogP contribution in [0.4, 0.5) is 10.1 Å². The summed E-state index contributed by atoms with van der Waals surface area (Å²) in [6.45, 7) is 6.25. The van der Waals surface area contributed by atoms with Gasteiger partial charge in [-0.1, -0.05) is 29.8 Å². The molecule has 3 amide bonds. The maximum absolute atomic E-state index is 14.1. The van der Waals surface area contributed by atoms with Crippen molar-refractivity contribution in [3.63, 3.8) is 0 Å². The molecular formula is C27H39FN6O5. The normalized spacial score (nSPS) is 13.4. The molecule has 0 spiro atoms. The standard InChI is InChI=1S/C27H39FN6O5/c1-16(2)39-22-14-19(8-9-20(22)28)32-27(38)24(25(36)18-6-4-17(3)5-7-18)33-26(37)21(31)15-23(35)34(12-10-29)13-11-30/h4-9,14,16,21,24-25,36H,10-13,15,29-31H2,1-3H3,(H,32,38)(H,33,37)/t21-,24-,25+/m0/s1. The second-order valence-electron chi connectivity index (χ2n) is 9.41. The lowest BCUT2D eigenvalue weighted by molar-refractivity contribution is -0.135. The number of carbonyl (C=O) groups excluding carboxylic acids is 3. The molecule has 9 N–H and O–H groups in total. The third-order valence-corrected chi connectivity index (χ3v) is 5.76. The van der Waals surface area contributed by atoms with Crippen LogP contribution in [0.1, 0.15) is 37.5 Å². The average molecular weight is 547 g/mol. The lowest BCUT2D eigenvalue weighted by Crippen LogP contribution is -2.53. The first kappa shape index (κ1) is 31.6. The highest BCUT2D eigenvalue weighted by Crippen LogP contribution is 2.24. The predicted molar refractivity (Wildman–Crippen MR) is 146 cm³/mol. The van der Waals surface area contributed by atoms with Gasteiger partial charge in [0.2, 0.25) is 17.7 Å². The molecule has 3 atom stereocenters. The number of rotatable bonds is 14. The van der Waals surface area contributed by atoms with Gasteiger partial charge in [-0.15, -0.1) is 0 Å². The molecule has 0 saturated carbocycles. The molecule has 214 valence electrons.